The third-order valence-electron chi connectivity index (χ3n) is 2.61. The zero-order chi connectivity index (χ0) is 11.1. The minimum Gasteiger partial charge on any atom is -0.353 e. The van der Waals surface area contributed by atoms with Gasteiger partial charge < -0.3 is 4.98 Å². The number of H-pyrrole nitrogens is 1. The molecule has 0 saturated carbocycles. The van der Waals surface area contributed by atoms with Crippen LogP contribution in [-0.2, 0) is 0 Å². The lowest BCUT2D eigenvalue weighted by Gasteiger charge is -2.06. The van der Waals surface area contributed by atoms with Gasteiger partial charge in [-0.05, 0) is 24.3 Å². The van der Waals surface area contributed by atoms with Gasteiger partial charge >= 0.3 is 0 Å². The van der Waals surface area contributed by atoms with Crippen LogP contribution in [0.4, 0.5) is 5.69 Å². The van der Waals surface area contributed by atoms with E-state index in [9.17, 15) is 0 Å². The van der Waals surface area contributed by atoms with E-state index in [1.807, 2.05) is 6.07 Å². The maximum atomic E-state index is 8.96. The number of aromatic nitrogens is 2. The zero-order valence-corrected chi connectivity index (χ0v) is 8.25. The molecule has 0 aliphatic carbocycles. The Balaban J connectivity index is 2.40. The molecule has 5 nitrogen and oxygen atoms in total. The molecule has 0 bridgehead atoms. The first kappa shape index (κ1) is 9.14. The van der Waals surface area contributed by atoms with E-state index in [0.29, 0.717) is 5.69 Å². The number of nitrogens with zero attached hydrogens (tertiary/aromatic N) is 2. The van der Waals surface area contributed by atoms with E-state index in [2.05, 4.69) is 9.97 Å². The fourth-order valence-corrected chi connectivity index (χ4v) is 1.86. The number of benzene rings is 1. The Morgan fingerprint density at radius 3 is 2.75 bits per heavy atom. The molecule has 1 aromatic carbocycles. The van der Waals surface area contributed by atoms with Gasteiger partial charge in [-0.25, -0.2) is 0 Å². The lowest BCUT2D eigenvalue weighted by atomic mass is 10.2. The van der Waals surface area contributed by atoms with Gasteiger partial charge in [0.15, 0.2) is 0 Å². The van der Waals surface area contributed by atoms with Crippen LogP contribution in [0.25, 0.3) is 21.8 Å². The van der Waals surface area contributed by atoms with Gasteiger partial charge in [-0.1, -0.05) is 0 Å². The normalized spacial score (nSPS) is 11.1. The number of aromatic amines is 1. The summed E-state index contributed by atoms with van der Waals surface area (Å²) in [7, 11) is 0. The maximum Gasteiger partial charge on any atom is 0.0950 e. The standard InChI is InChI=1S/C11H9N3O2/c15-14(16)7-1-2-10-9(5-7)8-3-4-12-6-11(8)13-10/h1-6,13,15-16H. The molecule has 0 atom stereocenters. The highest BCUT2D eigenvalue weighted by Gasteiger charge is 2.06. The van der Waals surface area contributed by atoms with Gasteiger partial charge in [0.2, 0.25) is 0 Å². The van der Waals surface area contributed by atoms with Gasteiger partial charge in [-0.3, -0.25) is 15.4 Å². The molecule has 16 heavy (non-hydrogen) atoms. The minimum absolute atomic E-state index is 0.111. The number of hydrogen-bond acceptors (Lipinski definition) is 4. The van der Waals surface area contributed by atoms with Gasteiger partial charge in [0.1, 0.15) is 0 Å². The van der Waals surface area contributed by atoms with Gasteiger partial charge in [0, 0.05) is 22.5 Å². The Morgan fingerprint density at radius 1 is 1.06 bits per heavy atom. The van der Waals surface area contributed by atoms with Gasteiger partial charge in [-0.15, -0.1) is 5.23 Å². The molecule has 5 heteroatoms. The van der Waals surface area contributed by atoms with E-state index in [-0.39, 0.29) is 5.23 Å². The summed E-state index contributed by atoms with van der Waals surface area (Å²) in [6.45, 7) is 0. The first-order valence-electron chi connectivity index (χ1n) is 4.79. The van der Waals surface area contributed by atoms with Crippen LogP contribution in [0.5, 0.6) is 0 Å². The molecule has 3 N–H and O–H groups in total. The van der Waals surface area contributed by atoms with E-state index < -0.39 is 0 Å². The van der Waals surface area contributed by atoms with Crippen molar-refractivity contribution in [2.45, 2.75) is 0 Å². The smallest absolute Gasteiger partial charge is 0.0950 e. The van der Waals surface area contributed by atoms with Crippen LogP contribution in [0, 0.1) is 0 Å². The summed E-state index contributed by atoms with van der Waals surface area (Å²) in [6.07, 6.45) is 3.45. The molecular weight excluding hydrogens is 206 g/mol. The predicted molar refractivity (Wildman–Crippen MR) is 59.7 cm³/mol. The van der Waals surface area contributed by atoms with Crippen molar-refractivity contribution >= 4 is 27.5 Å². The predicted octanol–water partition coefficient (Wildman–Crippen LogP) is 2.30. The van der Waals surface area contributed by atoms with E-state index in [1.54, 1.807) is 30.6 Å². The maximum absolute atomic E-state index is 8.96. The molecule has 0 radical (unpaired) electrons. The lowest BCUT2D eigenvalue weighted by molar-refractivity contribution is 0.0292. The molecule has 0 amide bonds. The largest absolute Gasteiger partial charge is 0.353 e. The molecule has 0 aliphatic rings. The van der Waals surface area contributed by atoms with Crippen molar-refractivity contribution in [3.63, 3.8) is 0 Å². The van der Waals surface area contributed by atoms with Gasteiger partial charge in [0.05, 0.1) is 17.4 Å². The number of pyridine rings is 1. The van der Waals surface area contributed by atoms with Crippen molar-refractivity contribution in [1.29, 1.82) is 0 Å². The van der Waals surface area contributed by atoms with Crippen LogP contribution in [-0.4, -0.2) is 20.4 Å². The molecule has 3 aromatic rings. The summed E-state index contributed by atoms with van der Waals surface area (Å²) in [5.41, 5.74) is 2.19. The Morgan fingerprint density at radius 2 is 1.94 bits per heavy atom. The Labute approximate surface area is 90.5 Å². The third-order valence-corrected chi connectivity index (χ3v) is 2.61. The van der Waals surface area contributed by atoms with Gasteiger partial charge in [0.25, 0.3) is 0 Å². The van der Waals surface area contributed by atoms with Crippen molar-refractivity contribution in [2.75, 3.05) is 5.23 Å². The van der Waals surface area contributed by atoms with E-state index in [0.717, 1.165) is 21.8 Å². The van der Waals surface area contributed by atoms with Crippen molar-refractivity contribution in [1.82, 2.24) is 9.97 Å². The number of rotatable bonds is 1. The summed E-state index contributed by atoms with van der Waals surface area (Å²) < 4.78 is 0. The zero-order valence-electron chi connectivity index (χ0n) is 8.25. The summed E-state index contributed by atoms with van der Waals surface area (Å²) in [6, 6.07) is 7.00. The summed E-state index contributed by atoms with van der Waals surface area (Å²) in [5, 5.41) is 20.0. The Bertz CT molecular complexity index is 660. The molecule has 2 heterocycles. The molecule has 0 fully saturated rings. The molecule has 80 valence electrons. The Hall–Kier alpha value is -2.11. The molecule has 0 saturated heterocycles. The van der Waals surface area contributed by atoms with Crippen LogP contribution < -0.4 is 5.23 Å². The van der Waals surface area contributed by atoms with Crippen LogP contribution in [0.15, 0.2) is 36.7 Å². The van der Waals surface area contributed by atoms with Crippen molar-refractivity contribution < 1.29 is 10.4 Å². The third kappa shape index (κ3) is 1.23. The first-order valence-corrected chi connectivity index (χ1v) is 4.79. The number of nitrogens with one attached hydrogen (secondary N) is 1. The fraction of sp³-hybridized carbons (Fsp3) is 0. The highest BCUT2D eigenvalue weighted by Crippen LogP contribution is 2.27. The van der Waals surface area contributed by atoms with Crippen molar-refractivity contribution in [3.05, 3.63) is 36.7 Å². The lowest BCUT2D eigenvalue weighted by Crippen LogP contribution is -2.10. The molecule has 0 unspecified atom stereocenters. The Kier molecular flexibility index (Phi) is 1.82. The van der Waals surface area contributed by atoms with Crippen LogP contribution in [0.3, 0.4) is 0 Å². The molecule has 3 rings (SSSR count). The fourth-order valence-electron chi connectivity index (χ4n) is 1.86. The second-order valence-corrected chi connectivity index (χ2v) is 3.57. The monoisotopic (exact) mass is 215 g/mol. The molecule has 0 spiro atoms. The van der Waals surface area contributed by atoms with Gasteiger partial charge in [-0.2, -0.15) is 0 Å². The second kappa shape index (κ2) is 3.19. The summed E-state index contributed by atoms with van der Waals surface area (Å²) in [5.74, 6) is 0. The van der Waals surface area contributed by atoms with Crippen LogP contribution in [0.2, 0.25) is 0 Å². The van der Waals surface area contributed by atoms with Crippen molar-refractivity contribution in [2.24, 2.45) is 0 Å². The van der Waals surface area contributed by atoms with E-state index in [4.69, 9.17) is 10.4 Å². The van der Waals surface area contributed by atoms with E-state index in [1.165, 1.54) is 0 Å². The number of anilines is 1. The molecule has 2 aromatic heterocycles. The SMILES string of the molecule is ON(O)c1ccc2[nH]c3cnccc3c2c1. The van der Waals surface area contributed by atoms with Crippen LogP contribution in [0.1, 0.15) is 0 Å². The van der Waals surface area contributed by atoms with E-state index >= 15 is 0 Å². The second-order valence-electron chi connectivity index (χ2n) is 3.57. The minimum atomic E-state index is 0.111. The number of hydrogen-bond donors (Lipinski definition) is 3. The molecular formula is C11H9N3O2. The average Bonchev–Trinajstić information content (AvgIpc) is 2.66. The van der Waals surface area contributed by atoms with Crippen LogP contribution >= 0.6 is 0 Å². The first-order chi connectivity index (χ1) is 7.75. The molecule has 0 aliphatic heterocycles. The summed E-state index contributed by atoms with van der Waals surface area (Å²) >= 11 is 0. The highest BCUT2D eigenvalue weighted by molar-refractivity contribution is 6.07. The topological polar surface area (TPSA) is 72.4 Å². The quantitative estimate of drug-likeness (QED) is 0.544. The highest BCUT2D eigenvalue weighted by atomic mass is 16.8. The average molecular weight is 215 g/mol. The number of fused-ring (bicyclic) bond motifs is 3. The summed E-state index contributed by atoms with van der Waals surface area (Å²) in [4.78, 5) is 7.23. The van der Waals surface area contributed by atoms with Crippen molar-refractivity contribution in [3.8, 4) is 0 Å².